The van der Waals surface area contributed by atoms with Gasteiger partial charge in [0.15, 0.2) is 0 Å². The summed E-state index contributed by atoms with van der Waals surface area (Å²) in [5, 5.41) is 3.04. The lowest BCUT2D eigenvalue weighted by atomic mass is 10.1. The van der Waals surface area contributed by atoms with Crippen LogP contribution in [0, 0.1) is 0 Å². The summed E-state index contributed by atoms with van der Waals surface area (Å²) < 4.78 is 0. The molecular weight excluding hydrogens is 214 g/mol. The fourth-order valence-corrected chi connectivity index (χ4v) is 2.25. The van der Waals surface area contributed by atoms with Crippen LogP contribution >= 0.6 is 0 Å². The summed E-state index contributed by atoms with van der Waals surface area (Å²) in [6, 6.07) is 0. The third-order valence-electron chi connectivity index (χ3n) is 3.45. The van der Waals surface area contributed by atoms with E-state index in [9.17, 15) is 0 Å². The SMILES string of the molecule is CNc1nc(C2CC2)nc(N2CCCCC2)n1. The molecule has 3 rings (SSSR count). The van der Waals surface area contributed by atoms with Crippen LogP contribution in [0.1, 0.15) is 43.8 Å². The summed E-state index contributed by atoms with van der Waals surface area (Å²) in [5.41, 5.74) is 0. The minimum Gasteiger partial charge on any atom is -0.357 e. The summed E-state index contributed by atoms with van der Waals surface area (Å²) in [7, 11) is 1.87. The Bertz CT molecular complexity index is 396. The molecule has 0 aromatic carbocycles. The molecule has 0 amide bonds. The molecule has 17 heavy (non-hydrogen) atoms. The lowest BCUT2D eigenvalue weighted by Crippen LogP contribution is -2.31. The maximum Gasteiger partial charge on any atom is 0.230 e. The number of rotatable bonds is 3. The van der Waals surface area contributed by atoms with Crippen molar-refractivity contribution in [2.24, 2.45) is 0 Å². The molecule has 0 atom stereocenters. The smallest absolute Gasteiger partial charge is 0.230 e. The molecule has 1 N–H and O–H groups in total. The predicted octanol–water partition coefficient (Wildman–Crippen LogP) is 1.78. The molecule has 2 aliphatic rings. The van der Waals surface area contributed by atoms with Crippen molar-refractivity contribution in [3.05, 3.63) is 5.82 Å². The van der Waals surface area contributed by atoms with E-state index >= 15 is 0 Å². The van der Waals surface area contributed by atoms with E-state index in [0.717, 1.165) is 24.9 Å². The Morgan fingerprint density at radius 1 is 1.06 bits per heavy atom. The zero-order valence-corrected chi connectivity index (χ0v) is 10.3. The van der Waals surface area contributed by atoms with E-state index in [1.807, 2.05) is 7.05 Å². The van der Waals surface area contributed by atoms with E-state index in [-0.39, 0.29) is 0 Å². The maximum absolute atomic E-state index is 4.63. The molecule has 0 spiro atoms. The van der Waals surface area contributed by atoms with Gasteiger partial charge in [0.05, 0.1) is 0 Å². The van der Waals surface area contributed by atoms with Gasteiger partial charge in [-0.1, -0.05) is 0 Å². The topological polar surface area (TPSA) is 53.9 Å². The van der Waals surface area contributed by atoms with Crippen molar-refractivity contribution in [3.8, 4) is 0 Å². The predicted molar refractivity (Wildman–Crippen MR) is 67.4 cm³/mol. The first-order chi connectivity index (χ1) is 8.36. The van der Waals surface area contributed by atoms with Crippen molar-refractivity contribution < 1.29 is 0 Å². The summed E-state index contributed by atoms with van der Waals surface area (Å²) in [6.45, 7) is 2.16. The third kappa shape index (κ3) is 2.33. The van der Waals surface area contributed by atoms with Crippen molar-refractivity contribution in [1.82, 2.24) is 15.0 Å². The number of anilines is 2. The second-order valence-corrected chi connectivity index (χ2v) is 4.89. The Morgan fingerprint density at radius 3 is 2.47 bits per heavy atom. The minimum absolute atomic E-state index is 0.577. The Hall–Kier alpha value is -1.39. The van der Waals surface area contributed by atoms with E-state index in [0.29, 0.717) is 11.9 Å². The summed E-state index contributed by atoms with van der Waals surface area (Å²) >= 11 is 0. The first-order valence-electron chi connectivity index (χ1n) is 6.55. The highest BCUT2D eigenvalue weighted by Crippen LogP contribution is 2.38. The van der Waals surface area contributed by atoms with Gasteiger partial charge < -0.3 is 10.2 Å². The number of piperidine rings is 1. The zero-order chi connectivity index (χ0) is 11.7. The zero-order valence-electron chi connectivity index (χ0n) is 10.3. The quantitative estimate of drug-likeness (QED) is 0.862. The normalized spacial score (nSPS) is 20.4. The van der Waals surface area contributed by atoms with Gasteiger partial charge in [-0.25, -0.2) is 0 Å². The van der Waals surface area contributed by atoms with Gasteiger partial charge in [-0.3, -0.25) is 0 Å². The molecule has 1 aromatic rings. The number of aromatic nitrogens is 3. The molecule has 0 radical (unpaired) electrons. The summed E-state index contributed by atoms with van der Waals surface area (Å²) in [6.07, 6.45) is 6.29. The Balaban J connectivity index is 1.88. The van der Waals surface area contributed by atoms with Crippen LogP contribution in [0.15, 0.2) is 0 Å². The van der Waals surface area contributed by atoms with E-state index in [1.165, 1.54) is 32.1 Å². The van der Waals surface area contributed by atoms with Gasteiger partial charge in [-0.15, -0.1) is 0 Å². The highest BCUT2D eigenvalue weighted by molar-refractivity contribution is 5.38. The first-order valence-corrected chi connectivity index (χ1v) is 6.55. The van der Waals surface area contributed by atoms with Crippen LogP contribution < -0.4 is 10.2 Å². The largest absolute Gasteiger partial charge is 0.357 e. The molecule has 1 aliphatic heterocycles. The van der Waals surface area contributed by atoms with Crippen molar-refractivity contribution in [1.29, 1.82) is 0 Å². The van der Waals surface area contributed by atoms with Crippen LogP contribution in [0.25, 0.3) is 0 Å². The van der Waals surface area contributed by atoms with Gasteiger partial charge in [-0.2, -0.15) is 15.0 Å². The van der Waals surface area contributed by atoms with Gasteiger partial charge in [0.1, 0.15) is 5.82 Å². The maximum atomic E-state index is 4.63. The van der Waals surface area contributed by atoms with Crippen LogP contribution in [0.3, 0.4) is 0 Å². The van der Waals surface area contributed by atoms with Gasteiger partial charge in [0, 0.05) is 26.1 Å². The molecule has 5 nitrogen and oxygen atoms in total. The monoisotopic (exact) mass is 233 g/mol. The van der Waals surface area contributed by atoms with Gasteiger partial charge in [0.2, 0.25) is 11.9 Å². The molecule has 0 unspecified atom stereocenters. The van der Waals surface area contributed by atoms with Crippen molar-refractivity contribution in [3.63, 3.8) is 0 Å². The van der Waals surface area contributed by atoms with Crippen molar-refractivity contribution in [2.45, 2.75) is 38.0 Å². The van der Waals surface area contributed by atoms with E-state index in [1.54, 1.807) is 0 Å². The van der Waals surface area contributed by atoms with Gasteiger partial charge in [-0.05, 0) is 32.1 Å². The molecule has 5 heteroatoms. The highest BCUT2D eigenvalue weighted by atomic mass is 15.3. The van der Waals surface area contributed by atoms with E-state index in [2.05, 4.69) is 25.2 Å². The number of nitrogens with zero attached hydrogens (tertiary/aromatic N) is 4. The Labute approximate surface area is 102 Å². The van der Waals surface area contributed by atoms with Crippen LogP contribution in [0.5, 0.6) is 0 Å². The van der Waals surface area contributed by atoms with Crippen molar-refractivity contribution >= 4 is 11.9 Å². The average molecular weight is 233 g/mol. The first kappa shape index (κ1) is 10.7. The molecule has 92 valence electrons. The third-order valence-corrected chi connectivity index (χ3v) is 3.45. The van der Waals surface area contributed by atoms with E-state index in [4.69, 9.17) is 0 Å². The molecule has 2 fully saturated rings. The van der Waals surface area contributed by atoms with Crippen LogP contribution in [-0.2, 0) is 0 Å². The Kier molecular flexibility index (Phi) is 2.82. The summed E-state index contributed by atoms with van der Waals surface area (Å²) in [5.74, 6) is 3.13. The molecule has 0 bridgehead atoms. The second-order valence-electron chi connectivity index (χ2n) is 4.89. The Morgan fingerprint density at radius 2 is 1.82 bits per heavy atom. The summed E-state index contributed by atoms with van der Waals surface area (Å²) in [4.78, 5) is 15.8. The molecule has 1 saturated carbocycles. The van der Waals surface area contributed by atoms with Gasteiger partial charge >= 0.3 is 0 Å². The fraction of sp³-hybridized carbons (Fsp3) is 0.750. The molecule has 1 aromatic heterocycles. The lowest BCUT2D eigenvalue weighted by Gasteiger charge is -2.26. The minimum atomic E-state index is 0.577. The van der Waals surface area contributed by atoms with Crippen LogP contribution in [0.2, 0.25) is 0 Å². The van der Waals surface area contributed by atoms with Crippen molar-refractivity contribution in [2.75, 3.05) is 30.4 Å². The number of hydrogen-bond donors (Lipinski definition) is 1. The van der Waals surface area contributed by atoms with Gasteiger partial charge in [0.25, 0.3) is 0 Å². The van der Waals surface area contributed by atoms with E-state index < -0.39 is 0 Å². The fourth-order valence-electron chi connectivity index (χ4n) is 2.25. The highest BCUT2D eigenvalue weighted by Gasteiger charge is 2.28. The lowest BCUT2D eigenvalue weighted by molar-refractivity contribution is 0.566. The van der Waals surface area contributed by atoms with Crippen LogP contribution in [-0.4, -0.2) is 35.1 Å². The molecule has 2 heterocycles. The number of nitrogens with one attached hydrogen (secondary N) is 1. The molecule has 1 aliphatic carbocycles. The average Bonchev–Trinajstić information content (AvgIpc) is 3.23. The second kappa shape index (κ2) is 4.47. The molecular formula is C12H19N5. The number of hydrogen-bond acceptors (Lipinski definition) is 5. The van der Waals surface area contributed by atoms with Crippen LogP contribution in [0.4, 0.5) is 11.9 Å². The standard InChI is InChI=1S/C12H19N5/c1-13-11-14-10(9-5-6-9)15-12(16-11)17-7-3-2-4-8-17/h9H,2-8H2,1H3,(H,13,14,15,16). The molecule has 1 saturated heterocycles.